The van der Waals surface area contributed by atoms with Crippen molar-refractivity contribution >= 4 is 11.8 Å². The molecule has 3 nitrogen and oxygen atoms in total. The van der Waals surface area contributed by atoms with Gasteiger partial charge in [0.1, 0.15) is 0 Å². The Bertz CT molecular complexity index is 310. The van der Waals surface area contributed by atoms with E-state index in [1.54, 1.807) is 0 Å². The molecule has 2 N–H and O–H groups in total. The van der Waals surface area contributed by atoms with E-state index in [2.05, 4.69) is 24.0 Å². The Balaban J connectivity index is 2.10. The van der Waals surface area contributed by atoms with E-state index >= 15 is 0 Å². The molecule has 2 rings (SSSR count). The van der Waals surface area contributed by atoms with Gasteiger partial charge in [-0.25, -0.2) is 0 Å². The fourth-order valence-corrected chi connectivity index (χ4v) is 2.95. The van der Waals surface area contributed by atoms with E-state index in [1.165, 1.54) is 23.0 Å². The fraction of sp³-hybridized carbons (Fsp3) is 0.636. The number of rotatable bonds is 1. The first-order valence-electron chi connectivity index (χ1n) is 5.29. The molecule has 0 atom stereocenters. The highest BCUT2D eigenvalue weighted by Gasteiger charge is 2.32. The SMILES string of the molecule is CC1=CCCC=C1N1CCSC(O)(O)C1. The van der Waals surface area contributed by atoms with Gasteiger partial charge in [0.15, 0.2) is 0 Å². The second-order valence-electron chi connectivity index (χ2n) is 4.07. The van der Waals surface area contributed by atoms with Gasteiger partial charge >= 0.3 is 0 Å². The Morgan fingerprint density at radius 1 is 1.33 bits per heavy atom. The zero-order chi connectivity index (χ0) is 10.9. The predicted molar refractivity (Wildman–Crippen MR) is 62.3 cm³/mol. The number of β-amino-alcohol motifs (C(OH)–C–C–N with tert-alkyl or cyclic N) is 2. The molecule has 2 aliphatic rings. The highest BCUT2D eigenvalue weighted by atomic mass is 32.2. The van der Waals surface area contributed by atoms with E-state index in [4.69, 9.17) is 0 Å². The zero-order valence-corrected chi connectivity index (χ0v) is 9.76. The molecule has 4 heteroatoms. The van der Waals surface area contributed by atoms with Gasteiger partial charge in [0, 0.05) is 18.0 Å². The van der Waals surface area contributed by atoms with Crippen LogP contribution >= 0.6 is 11.8 Å². The Labute approximate surface area is 94.5 Å². The molecule has 0 bridgehead atoms. The minimum Gasteiger partial charge on any atom is -0.364 e. The van der Waals surface area contributed by atoms with Crippen LogP contribution in [0.4, 0.5) is 0 Å². The maximum Gasteiger partial charge on any atom is 0.231 e. The molecular formula is C11H17NO2S. The largest absolute Gasteiger partial charge is 0.364 e. The summed E-state index contributed by atoms with van der Waals surface area (Å²) >= 11 is 1.21. The topological polar surface area (TPSA) is 43.7 Å². The van der Waals surface area contributed by atoms with E-state index in [-0.39, 0.29) is 0 Å². The molecule has 0 saturated carbocycles. The first-order chi connectivity index (χ1) is 7.08. The second-order valence-corrected chi connectivity index (χ2v) is 5.42. The van der Waals surface area contributed by atoms with Gasteiger partial charge in [-0.05, 0) is 25.3 Å². The van der Waals surface area contributed by atoms with Crippen molar-refractivity contribution in [1.29, 1.82) is 0 Å². The number of hydrogen-bond donors (Lipinski definition) is 2. The smallest absolute Gasteiger partial charge is 0.231 e. The molecule has 84 valence electrons. The van der Waals surface area contributed by atoms with Crippen molar-refractivity contribution in [2.45, 2.75) is 24.9 Å². The van der Waals surface area contributed by atoms with Crippen LogP contribution in [0.3, 0.4) is 0 Å². The highest BCUT2D eigenvalue weighted by Crippen LogP contribution is 2.30. The van der Waals surface area contributed by atoms with Crippen molar-refractivity contribution in [3.63, 3.8) is 0 Å². The molecule has 1 aliphatic heterocycles. The summed E-state index contributed by atoms with van der Waals surface area (Å²) in [6.07, 6.45) is 6.57. The average molecular weight is 227 g/mol. The molecule has 0 spiro atoms. The summed E-state index contributed by atoms with van der Waals surface area (Å²) in [5.41, 5.74) is 2.43. The van der Waals surface area contributed by atoms with Gasteiger partial charge in [-0.2, -0.15) is 0 Å². The highest BCUT2D eigenvalue weighted by molar-refractivity contribution is 8.00. The third kappa shape index (κ3) is 2.56. The maximum absolute atomic E-state index is 9.59. The minimum atomic E-state index is -1.59. The summed E-state index contributed by atoms with van der Waals surface area (Å²) < 4.78 is 0. The molecule has 15 heavy (non-hydrogen) atoms. The molecule has 0 radical (unpaired) electrons. The van der Waals surface area contributed by atoms with Gasteiger partial charge in [0.25, 0.3) is 0 Å². The molecule has 1 saturated heterocycles. The van der Waals surface area contributed by atoms with Crippen molar-refractivity contribution in [1.82, 2.24) is 4.90 Å². The molecule has 0 unspecified atom stereocenters. The summed E-state index contributed by atoms with van der Waals surface area (Å²) in [5, 5.41) is 17.6. The zero-order valence-electron chi connectivity index (χ0n) is 8.94. The standard InChI is InChI=1S/C11H17NO2S/c1-9-4-2-3-5-10(9)12-6-7-15-11(13,14)8-12/h4-5,13-14H,2-3,6-8H2,1H3. The van der Waals surface area contributed by atoms with Gasteiger partial charge in [-0.15, -0.1) is 0 Å². The molecule has 0 amide bonds. The van der Waals surface area contributed by atoms with Crippen LogP contribution in [-0.4, -0.2) is 39.1 Å². The predicted octanol–water partition coefficient (Wildman–Crippen LogP) is 1.30. The molecule has 0 aromatic heterocycles. The molecule has 1 heterocycles. The first-order valence-corrected chi connectivity index (χ1v) is 6.28. The maximum atomic E-state index is 9.59. The van der Waals surface area contributed by atoms with Crippen LogP contribution < -0.4 is 0 Å². The third-order valence-corrected chi connectivity index (χ3v) is 3.77. The van der Waals surface area contributed by atoms with Gasteiger partial charge in [0.2, 0.25) is 5.12 Å². The van der Waals surface area contributed by atoms with Crippen LogP contribution in [0, 0.1) is 0 Å². The summed E-state index contributed by atoms with van der Waals surface area (Å²) in [5.74, 6) is 0.762. The van der Waals surface area contributed by atoms with Crippen molar-refractivity contribution in [2.24, 2.45) is 0 Å². The van der Waals surface area contributed by atoms with E-state index < -0.39 is 5.12 Å². The Morgan fingerprint density at radius 2 is 2.07 bits per heavy atom. The van der Waals surface area contributed by atoms with Crippen LogP contribution in [0.25, 0.3) is 0 Å². The van der Waals surface area contributed by atoms with Crippen LogP contribution in [-0.2, 0) is 0 Å². The van der Waals surface area contributed by atoms with Crippen molar-refractivity contribution in [3.05, 3.63) is 23.4 Å². The van der Waals surface area contributed by atoms with Crippen molar-refractivity contribution < 1.29 is 10.2 Å². The number of allylic oxidation sites excluding steroid dienone is 3. The Kier molecular flexibility index (Phi) is 3.09. The van der Waals surface area contributed by atoms with Crippen LogP contribution in [0.15, 0.2) is 23.4 Å². The lowest BCUT2D eigenvalue weighted by Gasteiger charge is -2.38. The van der Waals surface area contributed by atoms with E-state index in [0.717, 1.165) is 25.1 Å². The summed E-state index contributed by atoms with van der Waals surface area (Å²) in [6, 6.07) is 0. The summed E-state index contributed by atoms with van der Waals surface area (Å²) in [6.45, 7) is 3.28. The Morgan fingerprint density at radius 3 is 2.73 bits per heavy atom. The molecule has 0 aromatic rings. The average Bonchev–Trinajstić information content (AvgIpc) is 2.17. The number of aliphatic hydroxyl groups is 2. The summed E-state index contributed by atoms with van der Waals surface area (Å²) in [4.78, 5) is 2.07. The molecular weight excluding hydrogens is 210 g/mol. The van der Waals surface area contributed by atoms with Crippen LogP contribution in [0.1, 0.15) is 19.8 Å². The van der Waals surface area contributed by atoms with E-state index in [9.17, 15) is 10.2 Å². The fourth-order valence-electron chi connectivity index (χ4n) is 2.06. The molecule has 1 aliphatic carbocycles. The third-order valence-electron chi connectivity index (χ3n) is 2.79. The first kappa shape index (κ1) is 11.0. The van der Waals surface area contributed by atoms with Crippen molar-refractivity contribution in [3.8, 4) is 0 Å². The van der Waals surface area contributed by atoms with Gasteiger partial charge in [0.05, 0.1) is 6.54 Å². The van der Waals surface area contributed by atoms with E-state index in [1.807, 2.05) is 0 Å². The second kappa shape index (κ2) is 4.20. The van der Waals surface area contributed by atoms with E-state index in [0.29, 0.717) is 6.54 Å². The quantitative estimate of drug-likeness (QED) is 0.663. The molecule has 1 fully saturated rings. The lowest BCUT2D eigenvalue weighted by atomic mass is 10.0. The summed E-state index contributed by atoms with van der Waals surface area (Å²) in [7, 11) is 0. The van der Waals surface area contributed by atoms with Crippen LogP contribution in [0.2, 0.25) is 0 Å². The number of nitrogens with zero attached hydrogens (tertiary/aromatic N) is 1. The van der Waals surface area contributed by atoms with Crippen molar-refractivity contribution in [2.75, 3.05) is 18.8 Å². The van der Waals surface area contributed by atoms with Crippen LogP contribution in [0.5, 0.6) is 0 Å². The molecule has 0 aromatic carbocycles. The monoisotopic (exact) mass is 227 g/mol. The van der Waals surface area contributed by atoms with Gasteiger partial charge < -0.3 is 15.1 Å². The minimum absolute atomic E-state index is 0.300. The van der Waals surface area contributed by atoms with Gasteiger partial charge in [-0.1, -0.05) is 23.9 Å². The lowest BCUT2D eigenvalue weighted by Crippen LogP contribution is -2.46. The lowest BCUT2D eigenvalue weighted by molar-refractivity contribution is -0.0934. The number of thioether (sulfide) groups is 1. The Hall–Kier alpha value is -0.450. The number of hydrogen-bond acceptors (Lipinski definition) is 4. The normalized spacial score (nSPS) is 25.9. The van der Waals surface area contributed by atoms with Gasteiger partial charge in [-0.3, -0.25) is 0 Å².